The highest BCUT2D eigenvalue weighted by Crippen LogP contribution is 2.30. The highest BCUT2D eigenvalue weighted by atomic mass is 32.2. The molecule has 0 aromatic heterocycles. The Kier molecular flexibility index (Phi) is 7.67. The zero-order chi connectivity index (χ0) is 23.1. The van der Waals surface area contributed by atoms with Crippen LogP contribution in [0.3, 0.4) is 0 Å². The van der Waals surface area contributed by atoms with Gasteiger partial charge in [-0.25, -0.2) is 13.2 Å². The molecule has 1 amide bonds. The molecule has 1 heterocycles. The number of anilines is 1. The van der Waals surface area contributed by atoms with Crippen LogP contribution in [0.5, 0.6) is 11.5 Å². The highest BCUT2D eigenvalue weighted by molar-refractivity contribution is 7.89. The Morgan fingerprint density at radius 2 is 1.72 bits per heavy atom. The lowest BCUT2D eigenvalue weighted by molar-refractivity contribution is -0.119. The first kappa shape index (κ1) is 23.5. The van der Waals surface area contributed by atoms with Crippen molar-refractivity contribution in [3.05, 3.63) is 48.0 Å². The number of nitrogens with one attached hydrogen (secondary N) is 1. The van der Waals surface area contributed by atoms with Gasteiger partial charge in [0, 0.05) is 18.8 Å². The van der Waals surface area contributed by atoms with Crippen molar-refractivity contribution < 1.29 is 37.0 Å². The largest absolute Gasteiger partial charge is 0.497 e. The van der Waals surface area contributed by atoms with Crippen molar-refractivity contribution in [1.29, 1.82) is 0 Å². The first-order valence-corrected chi connectivity index (χ1v) is 11.2. The van der Waals surface area contributed by atoms with Crippen molar-refractivity contribution in [2.24, 2.45) is 0 Å². The number of benzene rings is 2. The number of ether oxygens (including phenoxy) is 4. The van der Waals surface area contributed by atoms with E-state index in [2.05, 4.69) is 5.32 Å². The normalized spacial score (nSPS) is 14.4. The topological polar surface area (TPSA) is 120 Å². The number of hydrogen-bond acceptors (Lipinski definition) is 8. The van der Waals surface area contributed by atoms with E-state index in [1.165, 1.54) is 48.9 Å². The third kappa shape index (κ3) is 5.55. The van der Waals surface area contributed by atoms with Crippen molar-refractivity contribution in [2.75, 3.05) is 52.4 Å². The van der Waals surface area contributed by atoms with Crippen LogP contribution in [0.1, 0.15) is 10.4 Å². The number of sulfonamides is 1. The minimum absolute atomic E-state index is 0.0741. The summed E-state index contributed by atoms with van der Waals surface area (Å²) in [6, 6.07) is 10.5. The van der Waals surface area contributed by atoms with E-state index in [-0.39, 0.29) is 35.0 Å². The number of carbonyl (C=O) groups is 2. The van der Waals surface area contributed by atoms with E-state index in [0.717, 1.165) is 0 Å². The lowest BCUT2D eigenvalue weighted by Gasteiger charge is -2.26. The molecule has 0 atom stereocenters. The molecule has 172 valence electrons. The molecule has 11 heteroatoms. The Labute approximate surface area is 186 Å². The second-order valence-corrected chi connectivity index (χ2v) is 8.64. The van der Waals surface area contributed by atoms with Gasteiger partial charge in [0.25, 0.3) is 5.91 Å². The summed E-state index contributed by atoms with van der Waals surface area (Å²) in [6.45, 7) is 0.518. The van der Waals surface area contributed by atoms with Gasteiger partial charge >= 0.3 is 5.97 Å². The van der Waals surface area contributed by atoms with Gasteiger partial charge in [0.1, 0.15) is 16.4 Å². The number of nitrogens with zero attached hydrogens (tertiary/aromatic N) is 1. The molecular weight excluding hydrogens is 440 g/mol. The Balaban J connectivity index is 1.67. The van der Waals surface area contributed by atoms with Crippen molar-refractivity contribution in [3.63, 3.8) is 0 Å². The van der Waals surface area contributed by atoms with Crippen LogP contribution < -0.4 is 14.8 Å². The first-order valence-electron chi connectivity index (χ1n) is 9.72. The molecule has 2 aromatic carbocycles. The van der Waals surface area contributed by atoms with Crippen molar-refractivity contribution in [3.8, 4) is 11.5 Å². The summed E-state index contributed by atoms with van der Waals surface area (Å²) in [6.07, 6.45) is 0. The van der Waals surface area contributed by atoms with Crippen LogP contribution in [-0.4, -0.2) is 71.7 Å². The highest BCUT2D eigenvalue weighted by Gasteiger charge is 2.29. The number of amides is 1. The molecule has 2 aromatic rings. The van der Waals surface area contributed by atoms with E-state index in [9.17, 15) is 18.0 Å². The predicted octanol–water partition coefficient (Wildman–Crippen LogP) is 1.52. The lowest BCUT2D eigenvalue weighted by Crippen LogP contribution is -2.40. The molecule has 1 aliphatic rings. The lowest BCUT2D eigenvalue weighted by atomic mass is 10.2. The quantitative estimate of drug-likeness (QED) is 0.584. The molecule has 32 heavy (non-hydrogen) atoms. The van der Waals surface area contributed by atoms with Gasteiger partial charge in [-0.1, -0.05) is 0 Å². The summed E-state index contributed by atoms with van der Waals surface area (Å²) in [4.78, 5) is 24.3. The fraction of sp³-hybridized carbons (Fsp3) is 0.333. The zero-order valence-corrected chi connectivity index (χ0v) is 18.5. The van der Waals surface area contributed by atoms with Crippen LogP contribution in [-0.2, 0) is 24.3 Å². The van der Waals surface area contributed by atoms with Crippen molar-refractivity contribution >= 4 is 27.6 Å². The molecule has 10 nitrogen and oxygen atoms in total. The number of rotatable bonds is 8. The Hall–Kier alpha value is -3.15. The van der Waals surface area contributed by atoms with Crippen LogP contribution in [0.2, 0.25) is 0 Å². The molecule has 0 unspecified atom stereocenters. The average molecular weight is 464 g/mol. The van der Waals surface area contributed by atoms with Gasteiger partial charge in [-0.05, 0) is 42.5 Å². The molecule has 1 N–H and O–H groups in total. The van der Waals surface area contributed by atoms with Crippen LogP contribution >= 0.6 is 0 Å². The fourth-order valence-corrected chi connectivity index (χ4v) is 4.61. The summed E-state index contributed by atoms with van der Waals surface area (Å²) in [5, 5.41) is 2.53. The Morgan fingerprint density at radius 3 is 2.34 bits per heavy atom. The minimum Gasteiger partial charge on any atom is -0.497 e. The minimum atomic E-state index is -3.85. The van der Waals surface area contributed by atoms with Gasteiger partial charge in [-0.3, -0.25) is 4.79 Å². The molecule has 0 saturated carbocycles. The third-order valence-electron chi connectivity index (χ3n) is 4.70. The molecule has 0 radical (unpaired) electrons. The number of methoxy groups -OCH3 is 2. The van der Waals surface area contributed by atoms with Gasteiger partial charge in [0.15, 0.2) is 6.61 Å². The summed E-state index contributed by atoms with van der Waals surface area (Å²) in [5.41, 5.74) is 0.491. The summed E-state index contributed by atoms with van der Waals surface area (Å²) >= 11 is 0. The number of carbonyl (C=O) groups excluding carboxylic acids is 2. The smallest absolute Gasteiger partial charge is 0.338 e. The van der Waals surface area contributed by atoms with Gasteiger partial charge in [-0.2, -0.15) is 4.31 Å². The Morgan fingerprint density at radius 1 is 1.03 bits per heavy atom. The maximum absolute atomic E-state index is 13.0. The molecule has 1 fully saturated rings. The van der Waals surface area contributed by atoms with E-state index in [1.54, 1.807) is 12.1 Å². The maximum Gasteiger partial charge on any atom is 0.338 e. The van der Waals surface area contributed by atoms with Crippen LogP contribution in [0.15, 0.2) is 47.4 Å². The number of esters is 1. The van der Waals surface area contributed by atoms with Gasteiger partial charge < -0.3 is 24.3 Å². The summed E-state index contributed by atoms with van der Waals surface area (Å²) in [5.74, 6) is -0.554. The zero-order valence-electron chi connectivity index (χ0n) is 17.7. The molecule has 1 saturated heterocycles. The molecule has 0 aliphatic carbocycles. The van der Waals surface area contributed by atoms with Gasteiger partial charge in [0.2, 0.25) is 10.0 Å². The van der Waals surface area contributed by atoms with Crippen molar-refractivity contribution in [2.45, 2.75) is 4.90 Å². The van der Waals surface area contributed by atoms with E-state index < -0.39 is 28.5 Å². The van der Waals surface area contributed by atoms with E-state index in [1.807, 2.05) is 0 Å². The summed E-state index contributed by atoms with van der Waals surface area (Å²) in [7, 11) is -0.975. The average Bonchev–Trinajstić information content (AvgIpc) is 2.83. The molecule has 0 spiro atoms. The summed E-state index contributed by atoms with van der Waals surface area (Å²) < 4.78 is 47.8. The van der Waals surface area contributed by atoms with E-state index in [0.29, 0.717) is 19.0 Å². The fourth-order valence-electron chi connectivity index (χ4n) is 3.02. The SMILES string of the molecule is COc1ccc(C(=O)OCC(=O)Nc2ccc(OC)c(S(=O)(=O)N3CCOCC3)c2)cc1. The van der Waals surface area contributed by atoms with Gasteiger partial charge in [0.05, 0.1) is 33.0 Å². The second-order valence-electron chi connectivity index (χ2n) is 6.73. The van der Waals surface area contributed by atoms with Crippen LogP contribution in [0.25, 0.3) is 0 Å². The molecule has 1 aliphatic heterocycles. The van der Waals surface area contributed by atoms with Gasteiger partial charge in [-0.15, -0.1) is 0 Å². The molecule has 3 rings (SSSR count). The monoisotopic (exact) mass is 464 g/mol. The predicted molar refractivity (Wildman–Crippen MR) is 114 cm³/mol. The van der Waals surface area contributed by atoms with Crippen molar-refractivity contribution in [1.82, 2.24) is 4.31 Å². The number of hydrogen-bond donors (Lipinski definition) is 1. The maximum atomic E-state index is 13.0. The Bertz CT molecular complexity index is 1060. The van der Waals surface area contributed by atoms with E-state index in [4.69, 9.17) is 18.9 Å². The first-order chi connectivity index (χ1) is 15.3. The van der Waals surface area contributed by atoms with E-state index >= 15 is 0 Å². The molecule has 0 bridgehead atoms. The molecular formula is C21H24N2O8S. The van der Waals surface area contributed by atoms with Crippen LogP contribution in [0, 0.1) is 0 Å². The third-order valence-corrected chi connectivity index (χ3v) is 6.62. The second kappa shape index (κ2) is 10.4. The number of morpholine rings is 1. The van der Waals surface area contributed by atoms with Crippen LogP contribution in [0.4, 0.5) is 5.69 Å². The standard InChI is InChI=1S/C21H24N2O8S/c1-28-17-6-3-15(4-7-17)21(25)31-14-20(24)22-16-5-8-18(29-2)19(13-16)32(26,27)23-9-11-30-12-10-23/h3-8,13H,9-12,14H2,1-2H3,(H,22,24).